The van der Waals surface area contributed by atoms with Crippen molar-refractivity contribution in [2.75, 3.05) is 11.9 Å². The van der Waals surface area contributed by atoms with Gasteiger partial charge in [-0.3, -0.25) is 0 Å². The van der Waals surface area contributed by atoms with E-state index in [-0.39, 0.29) is 6.04 Å². The Labute approximate surface area is 94.1 Å². The molecule has 4 nitrogen and oxygen atoms in total. The molecule has 2 rings (SSSR count). The van der Waals surface area contributed by atoms with Crippen LogP contribution in [0.5, 0.6) is 5.75 Å². The van der Waals surface area contributed by atoms with Crippen molar-refractivity contribution in [3.8, 4) is 17.9 Å². The Hall–Kier alpha value is -2.20. The zero-order valence-electron chi connectivity index (χ0n) is 8.73. The summed E-state index contributed by atoms with van der Waals surface area (Å²) in [6, 6.07) is 9.80. The molecule has 1 heterocycles. The standard InChI is InChI=1S/C12H11N3O/c13-6-2-4-10-8-16-12-9(7-14)3-1-5-11(12)15-10/h1,3,5,10,15H,2,4,8H2. The molecular weight excluding hydrogens is 202 g/mol. The zero-order valence-corrected chi connectivity index (χ0v) is 8.73. The van der Waals surface area contributed by atoms with Gasteiger partial charge in [0.05, 0.1) is 23.4 Å². The van der Waals surface area contributed by atoms with Crippen LogP contribution in [0.2, 0.25) is 0 Å². The Morgan fingerprint density at radius 3 is 3.06 bits per heavy atom. The third kappa shape index (κ3) is 1.92. The summed E-state index contributed by atoms with van der Waals surface area (Å²) >= 11 is 0. The summed E-state index contributed by atoms with van der Waals surface area (Å²) < 4.78 is 5.56. The van der Waals surface area contributed by atoms with E-state index >= 15 is 0 Å². The van der Waals surface area contributed by atoms with Crippen molar-refractivity contribution in [1.29, 1.82) is 10.5 Å². The van der Waals surface area contributed by atoms with Crippen molar-refractivity contribution in [3.63, 3.8) is 0 Å². The van der Waals surface area contributed by atoms with Gasteiger partial charge in [-0.2, -0.15) is 10.5 Å². The van der Waals surface area contributed by atoms with Crippen molar-refractivity contribution in [3.05, 3.63) is 23.8 Å². The number of rotatable bonds is 2. The van der Waals surface area contributed by atoms with Crippen molar-refractivity contribution < 1.29 is 4.74 Å². The molecule has 4 heteroatoms. The molecule has 0 aromatic heterocycles. The number of hydrogen-bond acceptors (Lipinski definition) is 4. The maximum Gasteiger partial charge on any atom is 0.160 e. The van der Waals surface area contributed by atoms with Gasteiger partial charge >= 0.3 is 0 Å². The smallest absolute Gasteiger partial charge is 0.160 e. The second-order valence-electron chi connectivity index (χ2n) is 3.64. The van der Waals surface area contributed by atoms with E-state index < -0.39 is 0 Å². The average Bonchev–Trinajstić information content (AvgIpc) is 2.35. The minimum atomic E-state index is 0.154. The molecule has 1 N–H and O–H groups in total. The Balaban J connectivity index is 2.17. The summed E-state index contributed by atoms with van der Waals surface area (Å²) in [5.41, 5.74) is 1.39. The second kappa shape index (κ2) is 4.55. The fourth-order valence-electron chi connectivity index (χ4n) is 1.73. The van der Waals surface area contributed by atoms with Gasteiger partial charge in [0.15, 0.2) is 5.75 Å². The van der Waals surface area contributed by atoms with Crippen molar-refractivity contribution in [2.45, 2.75) is 18.9 Å². The highest BCUT2D eigenvalue weighted by Crippen LogP contribution is 2.32. The number of anilines is 1. The monoisotopic (exact) mass is 213 g/mol. The largest absolute Gasteiger partial charge is 0.488 e. The Morgan fingerprint density at radius 2 is 2.31 bits per heavy atom. The van der Waals surface area contributed by atoms with Gasteiger partial charge in [0.25, 0.3) is 0 Å². The molecule has 0 saturated heterocycles. The van der Waals surface area contributed by atoms with Gasteiger partial charge in [0.1, 0.15) is 12.7 Å². The van der Waals surface area contributed by atoms with Crippen LogP contribution in [-0.2, 0) is 0 Å². The van der Waals surface area contributed by atoms with Crippen molar-refractivity contribution in [2.24, 2.45) is 0 Å². The molecular formula is C12H11N3O. The van der Waals surface area contributed by atoms with Crippen molar-refractivity contribution in [1.82, 2.24) is 0 Å². The summed E-state index contributed by atoms with van der Waals surface area (Å²) in [5.74, 6) is 0.623. The summed E-state index contributed by atoms with van der Waals surface area (Å²) in [6.45, 7) is 0.507. The van der Waals surface area contributed by atoms with Gasteiger partial charge < -0.3 is 10.1 Å². The highest BCUT2D eigenvalue weighted by molar-refractivity contribution is 5.65. The summed E-state index contributed by atoms with van der Waals surface area (Å²) in [4.78, 5) is 0. The van der Waals surface area contributed by atoms with E-state index in [0.29, 0.717) is 24.3 Å². The van der Waals surface area contributed by atoms with Crippen LogP contribution >= 0.6 is 0 Å². The molecule has 0 aliphatic carbocycles. The molecule has 0 amide bonds. The number of benzene rings is 1. The molecule has 16 heavy (non-hydrogen) atoms. The van der Waals surface area contributed by atoms with E-state index in [1.807, 2.05) is 12.1 Å². The molecule has 80 valence electrons. The number of nitrogens with one attached hydrogen (secondary N) is 1. The van der Waals surface area contributed by atoms with Crippen LogP contribution in [0, 0.1) is 22.7 Å². The highest BCUT2D eigenvalue weighted by Gasteiger charge is 2.20. The first-order chi connectivity index (χ1) is 7.85. The van der Waals surface area contributed by atoms with Crippen LogP contribution in [-0.4, -0.2) is 12.6 Å². The van der Waals surface area contributed by atoms with Gasteiger partial charge in [-0.15, -0.1) is 0 Å². The predicted octanol–water partition coefficient (Wildman–Crippen LogP) is 2.03. The van der Waals surface area contributed by atoms with E-state index in [0.717, 1.165) is 12.1 Å². The van der Waals surface area contributed by atoms with E-state index in [2.05, 4.69) is 17.5 Å². The number of para-hydroxylation sites is 1. The quantitative estimate of drug-likeness (QED) is 0.816. The van der Waals surface area contributed by atoms with Crippen molar-refractivity contribution >= 4 is 5.69 Å². The number of nitriles is 2. The lowest BCUT2D eigenvalue weighted by atomic mass is 10.1. The van der Waals surface area contributed by atoms with Gasteiger partial charge in [0.2, 0.25) is 0 Å². The molecule has 1 unspecified atom stereocenters. The fourth-order valence-corrected chi connectivity index (χ4v) is 1.73. The van der Waals surface area contributed by atoms with Crippen LogP contribution in [0.15, 0.2) is 18.2 Å². The number of ether oxygens (including phenoxy) is 1. The number of hydrogen-bond donors (Lipinski definition) is 1. The molecule has 1 aliphatic rings. The first-order valence-electron chi connectivity index (χ1n) is 5.14. The Bertz CT molecular complexity index is 470. The van der Waals surface area contributed by atoms with Crippen LogP contribution < -0.4 is 10.1 Å². The predicted molar refractivity (Wildman–Crippen MR) is 58.9 cm³/mol. The number of nitrogens with zero attached hydrogens (tertiary/aromatic N) is 2. The molecule has 0 spiro atoms. The molecule has 1 aliphatic heterocycles. The normalized spacial score (nSPS) is 17.2. The lowest BCUT2D eigenvalue weighted by Crippen LogP contribution is -2.31. The van der Waals surface area contributed by atoms with Gasteiger partial charge in [-0.05, 0) is 18.6 Å². The fraction of sp³-hybridized carbons (Fsp3) is 0.333. The third-order valence-electron chi connectivity index (χ3n) is 2.53. The summed E-state index contributed by atoms with van der Waals surface area (Å²) in [5, 5.41) is 20.7. The van der Waals surface area contributed by atoms with E-state index in [9.17, 15) is 0 Å². The van der Waals surface area contributed by atoms with Gasteiger partial charge in [-0.25, -0.2) is 0 Å². The van der Waals surface area contributed by atoms with Crippen LogP contribution in [0.3, 0.4) is 0 Å². The highest BCUT2D eigenvalue weighted by atomic mass is 16.5. The van der Waals surface area contributed by atoms with Crippen LogP contribution in [0.1, 0.15) is 18.4 Å². The summed E-state index contributed by atoms with van der Waals surface area (Å²) in [6.07, 6.45) is 1.26. The molecule has 1 aromatic rings. The average molecular weight is 213 g/mol. The minimum absolute atomic E-state index is 0.154. The van der Waals surface area contributed by atoms with Crippen LogP contribution in [0.4, 0.5) is 5.69 Å². The first-order valence-corrected chi connectivity index (χ1v) is 5.14. The van der Waals surface area contributed by atoms with Gasteiger partial charge in [-0.1, -0.05) is 6.07 Å². The molecule has 0 bridgehead atoms. The Morgan fingerprint density at radius 1 is 1.44 bits per heavy atom. The molecule has 0 fully saturated rings. The molecule has 0 radical (unpaired) electrons. The third-order valence-corrected chi connectivity index (χ3v) is 2.53. The molecule has 1 atom stereocenters. The maximum absolute atomic E-state index is 8.90. The van der Waals surface area contributed by atoms with Gasteiger partial charge in [0, 0.05) is 6.42 Å². The number of fused-ring (bicyclic) bond motifs is 1. The first kappa shape index (κ1) is 10.3. The zero-order chi connectivity index (χ0) is 11.4. The lowest BCUT2D eigenvalue weighted by molar-refractivity contribution is 0.278. The Kier molecular flexibility index (Phi) is 2.93. The topological polar surface area (TPSA) is 68.8 Å². The maximum atomic E-state index is 8.90. The van der Waals surface area contributed by atoms with E-state index in [4.69, 9.17) is 15.3 Å². The van der Waals surface area contributed by atoms with E-state index in [1.165, 1.54) is 0 Å². The second-order valence-corrected chi connectivity index (χ2v) is 3.64. The minimum Gasteiger partial charge on any atom is -0.488 e. The van der Waals surface area contributed by atoms with E-state index in [1.54, 1.807) is 6.07 Å². The summed E-state index contributed by atoms with van der Waals surface area (Å²) in [7, 11) is 0. The molecule has 1 aromatic carbocycles. The SMILES string of the molecule is N#CCCC1COc2c(C#N)cccc2N1. The lowest BCUT2D eigenvalue weighted by Gasteiger charge is -2.27. The molecule has 0 saturated carbocycles. The van der Waals surface area contributed by atoms with Crippen LogP contribution in [0.25, 0.3) is 0 Å².